The lowest BCUT2D eigenvalue weighted by Crippen LogP contribution is -2.27. The van der Waals surface area contributed by atoms with Crippen LogP contribution >= 0.6 is 0 Å². The van der Waals surface area contributed by atoms with E-state index in [-0.39, 0.29) is 0 Å². The van der Waals surface area contributed by atoms with Crippen molar-refractivity contribution in [3.63, 3.8) is 0 Å². The molecular formula is C15H21N3. The van der Waals surface area contributed by atoms with Crippen LogP contribution in [0.1, 0.15) is 35.7 Å². The Kier molecular flexibility index (Phi) is 2.86. The van der Waals surface area contributed by atoms with E-state index in [1.165, 1.54) is 35.3 Å². The Labute approximate surface area is 108 Å². The van der Waals surface area contributed by atoms with Gasteiger partial charge in [-0.05, 0) is 57.0 Å². The lowest BCUT2D eigenvalue weighted by Gasteiger charge is -2.22. The predicted molar refractivity (Wildman–Crippen MR) is 75.0 cm³/mol. The molecule has 96 valence electrons. The number of benzene rings is 1. The first-order valence-electron chi connectivity index (χ1n) is 6.81. The third-order valence-electron chi connectivity index (χ3n) is 4.04. The summed E-state index contributed by atoms with van der Waals surface area (Å²) in [5, 5.41) is 3.42. The summed E-state index contributed by atoms with van der Waals surface area (Å²) in [5.41, 5.74) is 5.09. The molecule has 1 aliphatic rings. The van der Waals surface area contributed by atoms with Crippen LogP contribution in [0.4, 0.5) is 0 Å². The number of fused-ring (bicyclic) bond motifs is 1. The van der Waals surface area contributed by atoms with Crippen LogP contribution in [0.25, 0.3) is 11.0 Å². The molecule has 18 heavy (non-hydrogen) atoms. The van der Waals surface area contributed by atoms with E-state index >= 15 is 0 Å². The van der Waals surface area contributed by atoms with Gasteiger partial charge in [-0.2, -0.15) is 0 Å². The molecule has 3 heteroatoms. The molecule has 2 heterocycles. The normalized spacial score (nSPS) is 17.5. The van der Waals surface area contributed by atoms with Crippen LogP contribution in [0.2, 0.25) is 0 Å². The van der Waals surface area contributed by atoms with Gasteiger partial charge in [-0.25, -0.2) is 4.98 Å². The second-order valence-electron chi connectivity index (χ2n) is 5.50. The molecule has 1 aromatic heterocycles. The van der Waals surface area contributed by atoms with Crippen LogP contribution in [-0.4, -0.2) is 22.6 Å². The van der Waals surface area contributed by atoms with Crippen LogP contribution in [0, 0.1) is 13.8 Å². The first-order chi connectivity index (χ1) is 8.66. The molecule has 0 bridgehead atoms. The summed E-state index contributed by atoms with van der Waals surface area (Å²) < 4.78 is 2.31. The molecule has 2 aromatic rings. The standard InChI is InChI=1S/C15H21N3/c1-10-8-11(2)14-13(9-10)17-15(18(14)3)12-4-6-16-7-5-12/h8-9,12,16H,4-7H2,1-3H3. The maximum absolute atomic E-state index is 4.89. The first-order valence-corrected chi connectivity index (χ1v) is 6.81. The zero-order valence-electron chi connectivity index (χ0n) is 11.5. The Hall–Kier alpha value is -1.35. The van der Waals surface area contributed by atoms with Crippen molar-refractivity contribution >= 4 is 11.0 Å². The van der Waals surface area contributed by atoms with Gasteiger partial charge in [0, 0.05) is 13.0 Å². The number of aromatic nitrogens is 2. The number of hydrogen-bond acceptors (Lipinski definition) is 2. The number of piperidine rings is 1. The molecule has 0 atom stereocenters. The predicted octanol–water partition coefficient (Wildman–Crippen LogP) is 2.66. The summed E-state index contributed by atoms with van der Waals surface area (Å²) in [6.45, 7) is 6.56. The van der Waals surface area contributed by atoms with E-state index < -0.39 is 0 Å². The summed E-state index contributed by atoms with van der Waals surface area (Å²) in [5.74, 6) is 1.88. The van der Waals surface area contributed by atoms with Gasteiger partial charge in [0.25, 0.3) is 0 Å². The highest BCUT2D eigenvalue weighted by atomic mass is 15.1. The van der Waals surface area contributed by atoms with Crippen molar-refractivity contribution in [3.8, 4) is 0 Å². The second kappa shape index (κ2) is 4.39. The fourth-order valence-electron chi connectivity index (χ4n) is 3.22. The number of imidazole rings is 1. The van der Waals surface area contributed by atoms with Gasteiger partial charge in [0.2, 0.25) is 0 Å². The van der Waals surface area contributed by atoms with E-state index in [1.54, 1.807) is 0 Å². The highest BCUT2D eigenvalue weighted by Gasteiger charge is 2.21. The molecule has 0 spiro atoms. The fraction of sp³-hybridized carbons (Fsp3) is 0.533. The van der Waals surface area contributed by atoms with Crippen LogP contribution in [-0.2, 0) is 7.05 Å². The molecule has 3 rings (SSSR count). The molecule has 1 aromatic carbocycles. The summed E-state index contributed by atoms with van der Waals surface area (Å²) in [6.07, 6.45) is 2.41. The Bertz CT molecular complexity index is 577. The van der Waals surface area contributed by atoms with Gasteiger partial charge in [-0.15, -0.1) is 0 Å². The van der Waals surface area contributed by atoms with Crippen molar-refractivity contribution in [2.45, 2.75) is 32.6 Å². The Morgan fingerprint density at radius 3 is 2.67 bits per heavy atom. The molecule has 0 radical (unpaired) electrons. The lowest BCUT2D eigenvalue weighted by molar-refractivity contribution is 0.438. The summed E-state index contributed by atoms with van der Waals surface area (Å²) in [7, 11) is 2.16. The first kappa shape index (κ1) is 11.7. The zero-order chi connectivity index (χ0) is 12.7. The van der Waals surface area contributed by atoms with Gasteiger partial charge in [-0.3, -0.25) is 0 Å². The summed E-state index contributed by atoms with van der Waals surface area (Å²) in [6, 6.07) is 4.45. The van der Waals surface area contributed by atoms with Crippen LogP contribution < -0.4 is 5.32 Å². The van der Waals surface area contributed by atoms with Gasteiger partial charge in [-0.1, -0.05) is 6.07 Å². The van der Waals surface area contributed by atoms with Gasteiger partial charge in [0.15, 0.2) is 0 Å². The van der Waals surface area contributed by atoms with E-state index in [4.69, 9.17) is 4.98 Å². The largest absolute Gasteiger partial charge is 0.331 e. The Balaban J connectivity index is 2.13. The number of nitrogens with zero attached hydrogens (tertiary/aromatic N) is 2. The second-order valence-corrected chi connectivity index (χ2v) is 5.50. The summed E-state index contributed by atoms with van der Waals surface area (Å²) >= 11 is 0. The van der Waals surface area contributed by atoms with Crippen molar-refractivity contribution in [2.24, 2.45) is 7.05 Å². The zero-order valence-corrected chi connectivity index (χ0v) is 11.5. The smallest absolute Gasteiger partial charge is 0.112 e. The van der Waals surface area contributed by atoms with Crippen LogP contribution in [0.15, 0.2) is 12.1 Å². The van der Waals surface area contributed by atoms with E-state index in [2.05, 4.69) is 42.9 Å². The third-order valence-corrected chi connectivity index (χ3v) is 4.04. The average molecular weight is 243 g/mol. The van der Waals surface area contributed by atoms with Crippen molar-refractivity contribution in [1.82, 2.24) is 14.9 Å². The van der Waals surface area contributed by atoms with Crippen LogP contribution in [0.5, 0.6) is 0 Å². The maximum Gasteiger partial charge on any atom is 0.112 e. The molecule has 3 nitrogen and oxygen atoms in total. The molecule has 0 unspecified atom stereocenters. The minimum absolute atomic E-state index is 0.614. The van der Waals surface area contributed by atoms with E-state index in [1.807, 2.05) is 0 Å². The number of hydrogen-bond donors (Lipinski definition) is 1. The van der Waals surface area contributed by atoms with Gasteiger partial charge in [0.1, 0.15) is 5.82 Å². The quantitative estimate of drug-likeness (QED) is 0.834. The molecule has 1 fully saturated rings. The Morgan fingerprint density at radius 1 is 1.22 bits per heavy atom. The molecular weight excluding hydrogens is 222 g/mol. The van der Waals surface area contributed by atoms with Crippen molar-refractivity contribution in [2.75, 3.05) is 13.1 Å². The van der Waals surface area contributed by atoms with Crippen LogP contribution in [0.3, 0.4) is 0 Å². The van der Waals surface area contributed by atoms with Crippen molar-refractivity contribution in [3.05, 3.63) is 29.1 Å². The number of rotatable bonds is 1. The molecule has 1 N–H and O–H groups in total. The number of nitrogens with one attached hydrogen (secondary N) is 1. The highest BCUT2D eigenvalue weighted by Crippen LogP contribution is 2.29. The molecule has 1 aliphatic heterocycles. The SMILES string of the molecule is Cc1cc(C)c2c(c1)nc(C1CCNCC1)n2C. The third kappa shape index (κ3) is 1.83. The minimum Gasteiger partial charge on any atom is -0.331 e. The highest BCUT2D eigenvalue weighted by molar-refractivity contribution is 5.80. The van der Waals surface area contributed by atoms with E-state index in [0.29, 0.717) is 5.92 Å². The van der Waals surface area contributed by atoms with Crippen molar-refractivity contribution < 1.29 is 0 Å². The van der Waals surface area contributed by atoms with Gasteiger partial charge in [0.05, 0.1) is 11.0 Å². The molecule has 0 saturated carbocycles. The molecule has 0 aliphatic carbocycles. The maximum atomic E-state index is 4.89. The fourth-order valence-corrected chi connectivity index (χ4v) is 3.22. The minimum atomic E-state index is 0.614. The molecule has 0 amide bonds. The monoisotopic (exact) mass is 243 g/mol. The van der Waals surface area contributed by atoms with Gasteiger partial charge < -0.3 is 9.88 Å². The van der Waals surface area contributed by atoms with E-state index in [9.17, 15) is 0 Å². The molecule has 1 saturated heterocycles. The Morgan fingerprint density at radius 2 is 1.94 bits per heavy atom. The van der Waals surface area contributed by atoms with Crippen molar-refractivity contribution in [1.29, 1.82) is 0 Å². The summed E-state index contributed by atoms with van der Waals surface area (Å²) in [4.78, 5) is 4.89. The number of aryl methyl sites for hydroxylation is 3. The van der Waals surface area contributed by atoms with E-state index in [0.717, 1.165) is 18.6 Å². The van der Waals surface area contributed by atoms with Gasteiger partial charge >= 0.3 is 0 Å². The topological polar surface area (TPSA) is 29.9 Å². The lowest BCUT2D eigenvalue weighted by atomic mass is 9.97. The average Bonchev–Trinajstić information content (AvgIpc) is 2.67.